The van der Waals surface area contributed by atoms with Gasteiger partial charge in [0.25, 0.3) is 0 Å². The second kappa shape index (κ2) is 6.87. The molecule has 2 aliphatic rings. The highest BCUT2D eigenvalue weighted by atomic mass is 32.2. The van der Waals surface area contributed by atoms with Crippen molar-refractivity contribution < 1.29 is 5.11 Å². The molecule has 16 heavy (non-hydrogen) atoms. The second-order valence-electron chi connectivity index (χ2n) is 5.28. The van der Waals surface area contributed by atoms with Crippen LogP contribution in [-0.2, 0) is 0 Å². The Morgan fingerprint density at radius 3 is 2.44 bits per heavy atom. The highest BCUT2D eigenvalue weighted by Crippen LogP contribution is 2.29. The van der Waals surface area contributed by atoms with E-state index in [1.54, 1.807) is 0 Å². The Hall–Kier alpha value is 0.270. The van der Waals surface area contributed by atoms with E-state index in [4.69, 9.17) is 0 Å². The van der Waals surface area contributed by atoms with Crippen molar-refractivity contribution >= 4 is 11.8 Å². The summed E-state index contributed by atoms with van der Waals surface area (Å²) in [6.07, 6.45) is 8.09. The zero-order chi connectivity index (χ0) is 11.2. The Morgan fingerprint density at radius 1 is 1.12 bits per heavy atom. The number of aliphatic hydroxyl groups is 1. The van der Waals surface area contributed by atoms with Crippen LogP contribution < -0.4 is 5.32 Å². The average Bonchev–Trinajstić information content (AvgIpc) is 2.84. The molecule has 2 nitrogen and oxygen atoms in total. The summed E-state index contributed by atoms with van der Waals surface area (Å²) in [4.78, 5) is 0. The molecule has 1 aliphatic carbocycles. The summed E-state index contributed by atoms with van der Waals surface area (Å²) in [5, 5.41) is 13.2. The number of nitrogens with one attached hydrogen (secondary N) is 1. The van der Waals surface area contributed by atoms with Gasteiger partial charge in [0, 0.05) is 19.2 Å². The fourth-order valence-corrected chi connectivity index (χ4v) is 4.16. The Balaban J connectivity index is 1.70. The topological polar surface area (TPSA) is 32.3 Å². The number of thioether (sulfide) groups is 1. The van der Waals surface area contributed by atoms with E-state index in [0.29, 0.717) is 12.5 Å². The quantitative estimate of drug-likeness (QED) is 0.777. The highest BCUT2D eigenvalue weighted by Gasteiger charge is 2.24. The van der Waals surface area contributed by atoms with Gasteiger partial charge in [0.05, 0.1) is 0 Å². The lowest BCUT2D eigenvalue weighted by Gasteiger charge is -2.29. The minimum Gasteiger partial charge on any atom is -0.396 e. The van der Waals surface area contributed by atoms with E-state index in [1.807, 2.05) is 0 Å². The number of hydrogen-bond acceptors (Lipinski definition) is 3. The molecule has 1 atom stereocenters. The van der Waals surface area contributed by atoms with Crippen LogP contribution in [-0.4, -0.2) is 35.8 Å². The molecule has 1 heterocycles. The first-order valence-corrected chi connectivity index (χ1v) is 7.97. The standard InChI is InChI=1S/C13H25NOS/c15-10-12(11-5-7-16-8-6-11)9-14-13-3-1-2-4-13/h11-15H,1-10H2. The van der Waals surface area contributed by atoms with Gasteiger partial charge in [0.15, 0.2) is 0 Å². The predicted octanol–water partition coefficient (Wildman–Crippen LogP) is 2.27. The van der Waals surface area contributed by atoms with Crippen LogP contribution in [0.4, 0.5) is 0 Å². The maximum Gasteiger partial charge on any atom is 0.0474 e. The number of aliphatic hydroxyl groups excluding tert-OH is 1. The van der Waals surface area contributed by atoms with Crippen LogP contribution >= 0.6 is 11.8 Å². The summed E-state index contributed by atoms with van der Waals surface area (Å²) in [6.45, 7) is 1.41. The first-order chi connectivity index (χ1) is 7.90. The summed E-state index contributed by atoms with van der Waals surface area (Å²) >= 11 is 2.07. The summed E-state index contributed by atoms with van der Waals surface area (Å²) in [6, 6.07) is 0.743. The average molecular weight is 243 g/mol. The third-order valence-electron chi connectivity index (χ3n) is 4.19. The first kappa shape index (κ1) is 12.7. The maximum atomic E-state index is 9.51. The van der Waals surface area contributed by atoms with Gasteiger partial charge in [-0.15, -0.1) is 0 Å². The predicted molar refractivity (Wildman–Crippen MR) is 70.9 cm³/mol. The molecule has 0 radical (unpaired) electrons. The molecular formula is C13H25NOS. The van der Waals surface area contributed by atoms with E-state index in [-0.39, 0.29) is 0 Å². The van der Waals surface area contributed by atoms with Crippen molar-refractivity contribution in [2.75, 3.05) is 24.7 Å². The molecule has 1 unspecified atom stereocenters. The molecular weight excluding hydrogens is 218 g/mol. The van der Waals surface area contributed by atoms with Gasteiger partial charge in [-0.1, -0.05) is 12.8 Å². The lowest BCUT2D eigenvalue weighted by molar-refractivity contribution is 0.162. The molecule has 2 N–H and O–H groups in total. The van der Waals surface area contributed by atoms with Crippen molar-refractivity contribution in [2.45, 2.75) is 44.6 Å². The molecule has 94 valence electrons. The molecule has 2 fully saturated rings. The SMILES string of the molecule is OCC(CNC1CCCC1)C1CCSCC1. The van der Waals surface area contributed by atoms with Gasteiger partial charge < -0.3 is 10.4 Å². The molecule has 1 saturated heterocycles. The number of rotatable bonds is 5. The summed E-state index contributed by atoms with van der Waals surface area (Å²) in [5.41, 5.74) is 0. The molecule has 0 aromatic rings. The monoisotopic (exact) mass is 243 g/mol. The van der Waals surface area contributed by atoms with Crippen LogP contribution in [0.2, 0.25) is 0 Å². The molecule has 1 aliphatic heterocycles. The third-order valence-corrected chi connectivity index (χ3v) is 5.24. The van der Waals surface area contributed by atoms with Gasteiger partial charge in [-0.2, -0.15) is 11.8 Å². The van der Waals surface area contributed by atoms with E-state index in [9.17, 15) is 5.11 Å². The smallest absolute Gasteiger partial charge is 0.0474 e. The molecule has 1 saturated carbocycles. The zero-order valence-corrected chi connectivity index (χ0v) is 11.0. The van der Waals surface area contributed by atoms with Crippen molar-refractivity contribution in [1.82, 2.24) is 5.32 Å². The van der Waals surface area contributed by atoms with E-state index < -0.39 is 0 Å². The lowest BCUT2D eigenvalue weighted by atomic mass is 9.87. The Kier molecular flexibility index (Phi) is 5.46. The normalized spacial score (nSPS) is 26.1. The van der Waals surface area contributed by atoms with Crippen molar-refractivity contribution in [3.63, 3.8) is 0 Å². The minimum atomic E-state index is 0.370. The van der Waals surface area contributed by atoms with Crippen LogP contribution in [0.15, 0.2) is 0 Å². The number of hydrogen-bond donors (Lipinski definition) is 2. The molecule has 0 amide bonds. The summed E-state index contributed by atoms with van der Waals surface area (Å²) in [7, 11) is 0. The fraction of sp³-hybridized carbons (Fsp3) is 1.00. The van der Waals surface area contributed by atoms with Gasteiger partial charge in [0.1, 0.15) is 0 Å². The van der Waals surface area contributed by atoms with Crippen molar-refractivity contribution in [2.24, 2.45) is 11.8 Å². The zero-order valence-electron chi connectivity index (χ0n) is 10.2. The van der Waals surface area contributed by atoms with Crippen LogP contribution in [0.25, 0.3) is 0 Å². The first-order valence-electron chi connectivity index (χ1n) is 6.82. The molecule has 2 rings (SSSR count). The van der Waals surface area contributed by atoms with Gasteiger partial charge >= 0.3 is 0 Å². The maximum absolute atomic E-state index is 9.51. The largest absolute Gasteiger partial charge is 0.396 e. The van der Waals surface area contributed by atoms with E-state index in [1.165, 1.54) is 50.0 Å². The van der Waals surface area contributed by atoms with E-state index in [0.717, 1.165) is 18.5 Å². The van der Waals surface area contributed by atoms with Crippen LogP contribution in [0.3, 0.4) is 0 Å². The molecule has 0 aromatic carbocycles. The summed E-state index contributed by atoms with van der Waals surface area (Å²) < 4.78 is 0. The highest BCUT2D eigenvalue weighted by molar-refractivity contribution is 7.99. The van der Waals surface area contributed by atoms with Crippen LogP contribution in [0, 0.1) is 11.8 Å². The van der Waals surface area contributed by atoms with Crippen molar-refractivity contribution in [1.29, 1.82) is 0 Å². The van der Waals surface area contributed by atoms with Gasteiger partial charge in [0.2, 0.25) is 0 Å². The minimum absolute atomic E-state index is 0.370. The second-order valence-corrected chi connectivity index (χ2v) is 6.51. The van der Waals surface area contributed by atoms with Crippen LogP contribution in [0.1, 0.15) is 38.5 Å². The Labute approximate surface area is 104 Å². The van der Waals surface area contributed by atoms with E-state index in [2.05, 4.69) is 17.1 Å². The van der Waals surface area contributed by atoms with E-state index >= 15 is 0 Å². The van der Waals surface area contributed by atoms with Crippen LogP contribution in [0.5, 0.6) is 0 Å². The lowest BCUT2D eigenvalue weighted by Crippen LogP contribution is -2.37. The third kappa shape index (κ3) is 3.64. The Morgan fingerprint density at radius 2 is 1.81 bits per heavy atom. The van der Waals surface area contributed by atoms with Gasteiger partial charge in [-0.3, -0.25) is 0 Å². The fourth-order valence-electron chi connectivity index (χ4n) is 3.02. The van der Waals surface area contributed by atoms with Crippen molar-refractivity contribution in [3.05, 3.63) is 0 Å². The molecule has 0 aromatic heterocycles. The van der Waals surface area contributed by atoms with Crippen molar-refractivity contribution in [3.8, 4) is 0 Å². The van der Waals surface area contributed by atoms with Gasteiger partial charge in [-0.25, -0.2) is 0 Å². The van der Waals surface area contributed by atoms with Gasteiger partial charge in [-0.05, 0) is 49.0 Å². The summed E-state index contributed by atoms with van der Waals surface area (Å²) in [5.74, 6) is 3.86. The molecule has 0 spiro atoms. The molecule has 0 bridgehead atoms. The molecule has 3 heteroatoms. The Bertz CT molecular complexity index is 188.